The van der Waals surface area contributed by atoms with E-state index in [0.717, 1.165) is 0 Å². The van der Waals surface area contributed by atoms with Gasteiger partial charge in [-0.25, -0.2) is 0 Å². The van der Waals surface area contributed by atoms with Gasteiger partial charge in [0.1, 0.15) is 6.10 Å². The van der Waals surface area contributed by atoms with Crippen molar-refractivity contribution in [1.29, 1.82) is 0 Å². The molecule has 0 heterocycles. The molecule has 0 amide bonds. The van der Waals surface area contributed by atoms with E-state index < -0.39 is 31.2 Å². The zero-order valence-electron chi connectivity index (χ0n) is 8.26. The van der Waals surface area contributed by atoms with Crippen molar-refractivity contribution in [3.8, 4) is 0 Å². The van der Waals surface area contributed by atoms with E-state index in [1.165, 1.54) is 6.92 Å². The molecule has 0 aliphatic rings. The Balaban J connectivity index is 4.21. The Bertz CT molecular complexity index is 219. The van der Waals surface area contributed by atoms with Crippen LogP contribution < -0.4 is 0 Å². The number of aliphatic hydroxyl groups excluding tert-OH is 4. The zero-order valence-corrected chi connectivity index (χ0v) is 8.26. The predicted octanol–water partition coefficient (Wildman–Crippen LogP) is -1.27. The van der Waals surface area contributed by atoms with Crippen molar-refractivity contribution >= 4 is 0 Å². The summed E-state index contributed by atoms with van der Waals surface area (Å²) >= 11 is 0. The van der Waals surface area contributed by atoms with E-state index in [-0.39, 0.29) is 6.54 Å². The lowest BCUT2D eigenvalue weighted by Crippen LogP contribution is -2.40. The van der Waals surface area contributed by atoms with Crippen LogP contribution in [0, 0.1) is 0 Å². The largest absolute Gasteiger partial charge is 0.393 e. The van der Waals surface area contributed by atoms with Gasteiger partial charge in [-0.3, -0.25) is 0 Å². The highest BCUT2D eigenvalue weighted by Crippen LogP contribution is 2.06. The molecule has 2 unspecified atom stereocenters. The van der Waals surface area contributed by atoms with Crippen LogP contribution in [0.15, 0.2) is 5.11 Å². The van der Waals surface area contributed by atoms with Gasteiger partial charge in [-0.15, -0.1) is 0 Å². The standard InChI is InChI=1S/C7H15N3O5/c1-4(12)6(2-9-10-8)15-7(14)5(13)3-11/h4-7,11-14H,2-3H2,1H3/t4-,5+,6?,7?/m1/s1. The third-order valence-corrected chi connectivity index (χ3v) is 1.69. The number of hydrogen-bond acceptors (Lipinski definition) is 6. The van der Waals surface area contributed by atoms with Crippen molar-refractivity contribution in [1.82, 2.24) is 0 Å². The molecule has 0 saturated carbocycles. The lowest BCUT2D eigenvalue weighted by Gasteiger charge is -2.24. The predicted molar refractivity (Wildman–Crippen MR) is 49.7 cm³/mol. The summed E-state index contributed by atoms with van der Waals surface area (Å²) in [5.41, 5.74) is 8.06. The van der Waals surface area contributed by atoms with Gasteiger partial charge < -0.3 is 25.2 Å². The fraction of sp³-hybridized carbons (Fsp3) is 1.00. The van der Waals surface area contributed by atoms with Crippen molar-refractivity contribution in [3.05, 3.63) is 10.4 Å². The van der Waals surface area contributed by atoms with E-state index in [2.05, 4.69) is 10.0 Å². The van der Waals surface area contributed by atoms with Crippen molar-refractivity contribution in [2.45, 2.75) is 31.5 Å². The van der Waals surface area contributed by atoms with E-state index in [1.54, 1.807) is 0 Å². The first-order valence-corrected chi connectivity index (χ1v) is 4.34. The SMILES string of the molecule is C[C@@H](O)C(CN=[N+]=[N-])OC(O)[C@@H](O)CO. The first-order valence-electron chi connectivity index (χ1n) is 4.34. The Morgan fingerprint density at radius 3 is 2.40 bits per heavy atom. The third kappa shape index (κ3) is 5.53. The summed E-state index contributed by atoms with van der Waals surface area (Å²) in [5.74, 6) is 0. The summed E-state index contributed by atoms with van der Waals surface area (Å²) in [6.45, 7) is 0.536. The molecule has 8 nitrogen and oxygen atoms in total. The van der Waals surface area contributed by atoms with Crippen molar-refractivity contribution in [3.63, 3.8) is 0 Å². The Kier molecular flexibility index (Phi) is 6.97. The van der Waals surface area contributed by atoms with E-state index in [4.69, 9.17) is 25.6 Å². The smallest absolute Gasteiger partial charge is 0.183 e. The number of aliphatic hydroxyl groups is 4. The summed E-state index contributed by atoms with van der Waals surface area (Å²) in [7, 11) is 0. The first kappa shape index (κ1) is 14.1. The second-order valence-corrected chi connectivity index (χ2v) is 2.97. The highest BCUT2D eigenvalue weighted by atomic mass is 16.6. The molecule has 88 valence electrons. The number of azide groups is 1. The minimum atomic E-state index is -1.64. The van der Waals surface area contributed by atoms with Crippen LogP contribution in [0.3, 0.4) is 0 Å². The average molecular weight is 221 g/mol. The second-order valence-electron chi connectivity index (χ2n) is 2.97. The minimum absolute atomic E-state index is 0.177. The molecule has 15 heavy (non-hydrogen) atoms. The van der Waals surface area contributed by atoms with Gasteiger partial charge in [-0.05, 0) is 12.5 Å². The van der Waals surface area contributed by atoms with Crippen LogP contribution in [0.5, 0.6) is 0 Å². The molecule has 0 aliphatic heterocycles. The number of hydrogen-bond donors (Lipinski definition) is 4. The maximum atomic E-state index is 9.18. The molecule has 0 spiro atoms. The van der Waals surface area contributed by atoms with Crippen LogP contribution >= 0.6 is 0 Å². The summed E-state index contributed by atoms with van der Waals surface area (Å²) in [6, 6.07) is 0. The Hall–Kier alpha value is -0.890. The molecule has 0 bridgehead atoms. The fourth-order valence-corrected chi connectivity index (χ4v) is 0.786. The fourth-order valence-electron chi connectivity index (χ4n) is 0.786. The van der Waals surface area contributed by atoms with E-state index >= 15 is 0 Å². The number of ether oxygens (including phenoxy) is 1. The normalized spacial score (nSPS) is 18.7. The van der Waals surface area contributed by atoms with Gasteiger partial charge in [-0.2, -0.15) is 0 Å². The number of nitrogens with zero attached hydrogens (tertiary/aromatic N) is 3. The van der Waals surface area contributed by atoms with Gasteiger partial charge in [0.05, 0.1) is 25.4 Å². The molecule has 8 heteroatoms. The summed E-state index contributed by atoms with van der Waals surface area (Å²) < 4.78 is 4.80. The molecule has 0 saturated heterocycles. The zero-order chi connectivity index (χ0) is 11.8. The molecule has 0 rings (SSSR count). The summed E-state index contributed by atoms with van der Waals surface area (Å²) in [4.78, 5) is 2.47. The van der Waals surface area contributed by atoms with Gasteiger partial charge in [0, 0.05) is 4.91 Å². The Labute approximate surface area is 86.4 Å². The van der Waals surface area contributed by atoms with Crippen molar-refractivity contribution < 1.29 is 25.2 Å². The van der Waals surface area contributed by atoms with Gasteiger partial charge in [0.25, 0.3) is 0 Å². The lowest BCUT2D eigenvalue weighted by atomic mass is 10.2. The van der Waals surface area contributed by atoms with E-state index in [0.29, 0.717) is 0 Å². The summed E-state index contributed by atoms with van der Waals surface area (Å²) in [6.07, 6.45) is -5.01. The highest BCUT2D eigenvalue weighted by Gasteiger charge is 2.23. The molecule has 4 atom stereocenters. The van der Waals surface area contributed by atoms with Crippen LogP contribution in [0.25, 0.3) is 10.4 Å². The number of rotatable bonds is 7. The maximum absolute atomic E-state index is 9.18. The first-order chi connectivity index (χ1) is 7.02. The molecule has 0 aromatic carbocycles. The molecule has 0 aliphatic carbocycles. The molecule has 4 N–H and O–H groups in total. The molecular weight excluding hydrogens is 206 g/mol. The average Bonchev–Trinajstić information content (AvgIpc) is 2.22. The highest BCUT2D eigenvalue weighted by molar-refractivity contribution is 4.70. The molecule has 0 radical (unpaired) electrons. The second kappa shape index (κ2) is 7.41. The van der Waals surface area contributed by atoms with Gasteiger partial charge in [0.15, 0.2) is 6.29 Å². The quantitative estimate of drug-likeness (QED) is 0.184. The van der Waals surface area contributed by atoms with Crippen LogP contribution in [-0.2, 0) is 4.74 Å². The lowest BCUT2D eigenvalue weighted by molar-refractivity contribution is -0.208. The topological polar surface area (TPSA) is 139 Å². The van der Waals surface area contributed by atoms with Crippen LogP contribution in [0.2, 0.25) is 0 Å². The van der Waals surface area contributed by atoms with Crippen LogP contribution in [0.4, 0.5) is 0 Å². The Morgan fingerprint density at radius 1 is 1.40 bits per heavy atom. The molecule has 0 fully saturated rings. The van der Waals surface area contributed by atoms with Crippen molar-refractivity contribution in [2.75, 3.05) is 13.2 Å². The molecular formula is C7H15N3O5. The summed E-state index contributed by atoms with van der Waals surface area (Å²) in [5, 5.41) is 39.0. The molecule has 0 aromatic rings. The van der Waals surface area contributed by atoms with E-state index in [1.807, 2.05) is 0 Å². The van der Waals surface area contributed by atoms with Gasteiger partial charge >= 0.3 is 0 Å². The van der Waals surface area contributed by atoms with E-state index in [9.17, 15) is 5.11 Å². The van der Waals surface area contributed by atoms with Gasteiger partial charge in [-0.1, -0.05) is 5.11 Å². The maximum Gasteiger partial charge on any atom is 0.183 e. The monoisotopic (exact) mass is 221 g/mol. The Morgan fingerprint density at radius 2 is 2.00 bits per heavy atom. The van der Waals surface area contributed by atoms with Crippen LogP contribution in [-0.4, -0.2) is 58.2 Å². The van der Waals surface area contributed by atoms with Crippen molar-refractivity contribution in [2.24, 2.45) is 5.11 Å². The van der Waals surface area contributed by atoms with Gasteiger partial charge in [0.2, 0.25) is 0 Å². The van der Waals surface area contributed by atoms with Crippen LogP contribution in [0.1, 0.15) is 6.92 Å². The minimum Gasteiger partial charge on any atom is -0.393 e. The molecule has 0 aromatic heterocycles. The third-order valence-electron chi connectivity index (χ3n) is 1.69.